The maximum atomic E-state index is 12.8. The molecule has 0 bridgehead atoms. The van der Waals surface area contributed by atoms with Crippen LogP contribution in [0.25, 0.3) is 11.1 Å². The molecule has 188 valence electrons. The molecule has 1 atom stereocenters. The first kappa shape index (κ1) is 24.9. The third-order valence-electron chi connectivity index (χ3n) is 5.48. The fourth-order valence-corrected chi connectivity index (χ4v) is 3.87. The van der Waals surface area contributed by atoms with Crippen LogP contribution in [-0.4, -0.2) is 34.7 Å². The van der Waals surface area contributed by atoms with Crippen LogP contribution in [-0.2, 0) is 29.1 Å². The predicted octanol–water partition coefficient (Wildman–Crippen LogP) is 5.76. The lowest BCUT2D eigenvalue weighted by Gasteiger charge is -2.34. The number of aliphatic carboxylic acids is 1. The van der Waals surface area contributed by atoms with Gasteiger partial charge in [0.1, 0.15) is 18.1 Å². The molecular weight excluding hydrogens is 479 g/mol. The average Bonchev–Trinajstić information content (AvgIpc) is 2.81. The van der Waals surface area contributed by atoms with Gasteiger partial charge in [-0.15, -0.1) is 13.2 Å². The fourth-order valence-electron chi connectivity index (χ4n) is 3.87. The van der Waals surface area contributed by atoms with Crippen molar-refractivity contribution in [3.8, 4) is 22.6 Å². The Morgan fingerprint density at radius 3 is 2.50 bits per heavy atom. The summed E-state index contributed by atoms with van der Waals surface area (Å²) in [5.74, 6) is -0.720. The zero-order chi connectivity index (χ0) is 25.9. The first-order valence-corrected chi connectivity index (χ1v) is 11.0. The molecule has 0 spiro atoms. The van der Waals surface area contributed by atoms with Gasteiger partial charge in [0, 0.05) is 5.56 Å². The molecule has 4 rings (SSSR count). The number of rotatable bonds is 6. The van der Waals surface area contributed by atoms with Crippen molar-refractivity contribution in [3.05, 3.63) is 83.4 Å². The van der Waals surface area contributed by atoms with Crippen LogP contribution in [0.2, 0.25) is 0 Å². The predicted molar refractivity (Wildman–Crippen MR) is 122 cm³/mol. The zero-order valence-corrected chi connectivity index (χ0v) is 19.1. The SMILES string of the molecule is CC1Oc2ccc(-c3cccc(CC(=O)O)c3)cc2CN1C(=O)OCc1cccc(OC(F)(F)F)c1. The molecule has 1 aliphatic rings. The highest BCUT2D eigenvalue weighted by atomic mass is 19.4. The van der Waals surface area contributed by atoms with Gasteiger partial charge in [-0.2, -0.15) is 0 Å². The normalized spacial score (nSPS) is 15.0. The van der Waals surface area contributed by atoms with Gasteiger partial charge in [-0.05, 0) is 53.4 Å². The Balaban J connectivity index is 1.45. The first-order valence-electron chi connectivity index (χ1n) is 11.0. The van der Waals surface area contributed by atoms with Crippen LogP contribution in [0.5, 0.6) is 11.5 Å². The second kappa shape index (κ2) is 10.2. The number of amides is 1. The molecule has 36 heavy (non-hydrogen) atoms. The number of nitrogens with zero attached hydrogens (tertiary/aromatic N) is 1. The number of carbonyl (C=O) groups excluding carboxylic acids is 1. The van der Waals surface area contributed by atoms with E-state index >= 15 is 0 Å². The summed E-state index contributed by atoms with van der Waals surface area (Å²) >= 11 is 0. The molecule has 0 radical (unpaired) electrons. The van der Waals surface area contributed by atoms with Crippen molar-refractivity contribution in [2.45, 2.75) is 39.1 Å². The lowest BCUT2D eigenvalue weighted by Crippen LogP contribution is -2.44. The molecule has 0 aromatic heterocycles. The molecule has 3 aromatic carbocycles. The highest BCUT2D eigenvalue weighted by Crippen LogP contribution is 2.33. The second-order valence-electron chi connectivity index (χ2n) is 8.19. The Kier molecular flexibility index (Phi) is 7.05. The second-order valence-corrected chi connectivity index (χ2v) is 8.19. The van der Waals surface area contributed by atoms with Gasteiger partial charge in [0.15, 0.2) is 6.23 Å². The van der Waals surface area contributed by atoms with Crippen molar-refractivity contribution < 1.29 is 42.1 Å². The zero-order valence-electron chi connectivity index (χ0n) is 19.1. The number of halogens is 3. The van der Waals surface area contributed by atoms with Gasteiger partial charge >= 0.3 is 18.4 Å². The molecule has 0 aliphatic carbocycles. The molecule has 1 heterocycles. The van der Waals surface area contributed by atoms with Gasteiger partial charge < -0.3 is 19.3 Å². The summed E-state index contributed by atoms with van der Waals surface area (Å²) in [4.78, 5) is 25.2. The van der Waals surface area contributed by atoms with E-state index in [1.807, 2.05) is 18.2 Å². The van der Waals surface area contributed by atoms with Crippen LogP contribution in [0.3, 0.4) is 0 Å². The quantitative estimate of drug-likeness (QED) is 0.463. The minimum Gasteiger partial charge on any atom is -0.481 e. The van der Waals surface area contributed by atoms with E-state index in [9.17, 15) is 22.8 Å². The Labute approximate surface area is 204 Å². The van der Waals surface area contributed by atoms with Crippen molar-refractivity contribution in [1.29, 1.82) is 0 Å². The topological polar surface area (TPSA) is 85.3 Å². The number of fused-ring (bicyclic) bond motifs is 1. The molecule has 1 N–H and O–H groups in total. The summed E-state index contributed by atoms with van der Waals surface area (Å²) in [6, 6.07) is 17.9. The van der Waals surface area contributed by atoms with Crippen LogP contribution in [0, 0.1) is 0 Å². The number of hydrogen-bond acceptors (Lipinski definition) is 5. The number of alkyl halides is 3. The highest BCUT2D eigenvalue weighted by Gasteiger charge is 2.32. The summed E-state index contributed by atoms with van der Waals surface area (Å²) in [7, 11) is 0. The molecule has 1 amide bonds. The van der Waals surface area contributed by atoms with E-state index in [4.69, 9.17) is 14.6 Å². The third-order valence-corrected chi connectivity index (χ3v) is 5.48. The van der Waals surface area contributed by atoms with Crippen LogP contribution >= 0.6 is 0 Å². The third kappa shape index (κ3) is 6.26. The molecule has 7 nitrogen and oxygen atoms in total. The van der Waals surface area contributed by atoms with Gasteiger partial charge in [-0.25, -0.2) is 4.79 Å². The summed E-state index contributed by atoms with van der Waals surface area (Å²) < 4.78 is 52.4. The molecule has 10 heteroatoms. The largest absolute Gasteiger partial charge is 0.573 e. The van der Waals surface area contributed by atoms with Crippen molar-refractivity contribution in [3.63, 3.8) is 0 Å². The molecule has 0 saturated carbocycles. The number of hydrogen-bond donors (Lipinski definition) is 1. The molecule has 3 aromatic rings. The van der Waals surface area contributed by atoms with Crippen molar-refractivity contribution in [2.24, 2.45) is 0 Å². The molecule has 0 fully saturated rings. The van der Waals surface area contributed by atoms with E-state index in [2.05, 4.69) is 4.74 Å². The fraction of sp³-hybridized carbons (Fsp3) is 0.231. The highest BCUT2D eigenvalue weighted by molar-refractivity contribution is 5.73. The van der Waals surface area contributed by atoms with E-state index in [0.717, 1.165) is 28.8 Å². The average molecular weight is 501 g/mol. The Morgan fingerprint density at radius 2 is 1.75 bits per heavy atom. The van der Waals surface area contributed by atoms with Crippen LogP contribution < -0.4 is 9.47 Å². The maximum Gasteiger partial charge on any atom is 0.573 e. The maximum absolute atomic E-state index is 12.8. The van der Waals surface area contributed by atoms with Crippen molar-refractivity contribution >= 4 is 12.1 Å². The summed E-state index contributed by atoms with van der Waals surface area (Å²) in [6.45, 7) is 1.63. The first-order chi connectivity index (χ1) is 17.1. The smallest absolute Gasteiger partial charge is 0.481 e. The van der Waals surface area contributed by atoms with E-state index in [1.54, 1.807) is 31.2 Å². The van der Waals surface area contributed by atoms with E-state index in [0.29, 0.717) is 16.9 Å². The number of ether oxygens (including phenoxy) is 3. The van der Waals surface area contributed by atoms with Gasteiger partial charge in [0.05, 0.1) is 13.0 Å². The van der Waals surface area contributed by atoms with E-state index in [-0.39, 0.29) is 19.6 Å². The van der Waals surface area contributed by atoms with Crippen molar-refractivity contribution in [2.75, 3.05) is 0 Å². The number of carboxylic acids is 1. The Bertz CT molecular complexity index is 1280. The van der Waals surface area contributed by atoms with Gasteiger partial charge in [-0.1, -0.05) is 42.5 Å². The van der Waals surface area contributed by atoms with Crippen LogP contribution in [0.4, 0.5) is 18.0 Å². The van der Waals surface area contributed by atoms with Crippen LogP contribution in [0.15, 0.2) is 66.7 Å². The van der Waals surface area contributed by atoms with Gasteiger partial charge in [-0.3, -0.25) is 9.69 Å². The standard InChI is InChI=1S/C26H22F3NO6/c1-16-30(25(33)34-15-18-5-3-7-22(11-18)36-26(27,28)29)14-21-13-20(8-9-23(21)35-16)19-6-2-4-17(10-19)12-24(31)32/h2-11,13,16H,12,14-15H2,1H3,(H,31,32). The number of carbonyl (C=O) groups is 2. The van der Waals surface area contributed by atoms with Gasteiger partial charge in [0.25, 0.3) is 0 Å². The van der Waals surface area contributed by atoms with Crippen LogP contribution in [0.1, 0.15) is 23.6 Å². The molecule has 0 saturated heterocycles. The molecule has 1 unspecified atom stereocenters. The monoisotopic (exact) mass is 501 g/mol. The Hall–Kier alpha value is -4.21. The van der Waals surface area contributed by atoms with Gasteiger partial charge in [0.2, 0.25) is 0 Å². The summed E-state index contributed by atoms with van der Waals surface area (Å²) in [5.41, 5.74) is 3.38. The van der Waals surface area contributed by atoms with E-state index in [1.165, 1.54) is 17.0 Å². The summed E-state index contributed by atoms with van der Waals surface area (Å²) in [5, 5.41) is 9.05. The molecular formula is C26H22F3NO6. The van der Waals surface area contributed by atoms with E-state index < -0.39 is 30.4 Å². The number of carboxylic acid groups (broad SMARTS) is 1. The minimum absolute atomic E-state index is 0.0930. The lowest BCUT2D eigenvalue weighted by molar-refractivity contribution is -0.274. The van der Waals surface area contributed by atoms with Crippen molar-refractivity contribution in [1.82, 2.24) is 4.90 Å². The minimum atomic E-state index is -4.82. The molecule has 1 aliphatic heterocycles. The number of benzene rings is 3. The lowest BCUT2D eigenvalue weighted by atomic mass is 9.99. The Morgan fingerprint density at radius 1 is 1.03 bits per heavy atom. The summed E-state index contributed by atoms with van der Waals surface area (Å²) in [6.07, 6.45) is -6.23.